The maximum Gasteiger partial charge on any atom is 0.0233 e. The van der Waals surface area contributed by atoms with Crippen LogP contribution in [0.5, 0.6) is 0 Å². The van der Waals surface area contributed by atoms with Crippen LogP contribution < -0.4 is 10.6 Å². The zero-order valence-corrected chi connectivity index (χ0v) is 10.6. The van der Waals surface area contributed by atoms with E-state index in [1.165, 1.54) is 15.6 Å². The molecule has 15 heavy (non-hydrogen) atoms. The van der Waals surface area contributed by atoms with Crippen molar-refractivity contribution in [3.8, 4) is 0 Å². The topological polar surface area (TPSA) is 24.1 Å². The maximum atomic E-state index is 3.53. The molecular weight excluding hydrogens is 252 g/mol. The molecule has 2 N–H and O–H groups in total. The summed E-state index contributed by atoms with van der Waals surface area (Å²) in [6.45, 7) is 5.39. The zero-order valence-electron chi connectivity index (χ0n) is 9.02. The Kier molecular flexibility index (Phi) is 3.78. The van der Waals surface area contributed by atoms with Gasteiger partial charge in [-0.1, -0.05) is 28.1 Å². The van der Waals surface area contributed by atoms with Gasteiger partial charge in [-0.15, -0.1) is 0 Å². The number of hydrogen-bond acceptors (Lipinski definition) is 2. The zero-order chi connectivity index (χ0) is 10.7. The van der Waals surface area contributed by atoms with E-state index in [9.17, 15) is 0 Å². The second-order valence-corrected chi connectivity index (χ2v) is 5.00. The van der Waals surface area contributed by atoms with Crippen LogP contribution in [0, 0.1) is 6.92 Å². The van der Waals surface area contributed by atoms with Crippen LogP contribution in [0.3, 0.4) is 0 Å². The quantitative estimate of drug-likeness (QED) is 0.856. The average molecular weight is 269 g/mol. The fourth-order valence-corrected chi connectivity index (χ4v) is 2.22. The molecule has 82 valence electrons. The predicted octanol–water partition coefficient (Wildman–Crippen LogP) is 1.86. The van der Waals surface area contributed by atoms with Gasteiger partial charge in [0.15, 0.2) is 0 Å². The van der Waals surface area contributed by atoms with Crippen LogP contribution in [0.15, 0.2) is 22.7 Å². The van der Waals surface area contributed by atoms with Gasteiger partial charge in [0.2, 0.25) is 0 Å². The largest absolute Gasteiger partial charge is 0.314 e. The first kappa shape index (κ1) is 11.1. The molecule has 2 rings (SSSR count). The Morgan fingerprint density at radius 3 is 2.93 bits per heavy atom. The van der Waals surface area contributed by atoms with Crippen molar-refractivity contribution in [3.05, 3.63) is 33.8 Å². The van der Waals surface area contributed by atoms with Crippen LogP contribution >= 0.6 is 15.9 Å². The molecular formula is C12H17BrN2. The summed E-state index contributed by atoms with van der Waals surface area (Å²) in [5, 5.41) is 6.94. The molecule has 1 fully saturated rings. The molecule has 1 aromatic carbocycles. The molecule has 2 nitrogen and oxygen atoms in total. The molecule has 1 aliphatic rings. The lowest BCUT2D eigenvalue weighted by molar-refractivity contribution is 0.416. The Bertz CT molecular complexity index is 332. The van der Waals surface area contributed by atoms with Crippen molar-refractivity contribution in [2.24, 2.45) is 0 Å². The SMILES string of the molecule is Cc1cc(CC2CNCCN2)ccc1Br. The number of rotatable bonds is 2. The smallest absolute Gasteiger partial charge is 0.0233 e. The first-order chi connectivity index (χ1) is 7.25. The fraction of sp³-hybridized carbons (Fsp3) is 0.500. The third kappa shape index (κ3) is 3.03. The Hall–Kier alpha value is -0.380. The molecule has 1 atom stereocenters. The van der Waals surface area contributed by atoms with Gasteiger partial charge in [-0.2, -0.15) is 0 Å². The summed E-state index contributed by atoms with van der Waals surface area (Å²) in [6, 6.07) is 7.19. The van der Waals surface area contributed by atoms with Crippen molar-refractivity contribution < 1.29 is 0 Å². The van der Waals surface area contributed by atoms with E-state index in [1.54, 1.807) is 0 Å². The second kappa shape index (κ2) is 5.10. The first-order valence-electron chi connectivity index (χ1n) is 5.45. The highest BCUT2D eigenvalue weighted by Crippen LogP contribution is 2.18. The summed E-state index contributed by atoms with van der Waals surface area (Å²) in [5.74, 6) is 0. The van der Waals surface area contributed by atoms with E-state index in [0.717, 1.165) is 26.1 Å². The van der Waals surface area contributed by atoms with Crippen molar-refractivity contribution >= 4 is 15.9 Å². The molecule has 1 unspecified atom stereocenters. The van der Waals surface area contributed by atoms with Crippen LogP contribution in [0.2, 0.25) is 0 Å². The van der Waals surface area contributed by atoms with Gasteiger partial charge in [0.25, 0.3) is 0 Å². The number of piperazine rings is 1. The molecule has 1 aliphatic heterocycles. The number of hydrogen-bond donors (Lipinski definition) is 2. The molecule has 0 radical (unpaired) electrons. The van der Waals surface area contributed by atoms with Gasteiger partial charge in [-0.05, 0) is 30.5 Å². The molecule has 0 aromatic heterocycles. The van der Waals surface area contributed by atoms with Crippen LogP contribution in [0.1, 0.15) is 11.1 Å². The van der Waals surface area contributed by atoms with E-state index in [2.05, 4.69) is 51.7 Å². The van der Waals surface area contributed by atoms with E-state index in [1.807, 2.05) is 0 Å². The minimum Gasteiger partial charge on any atom is -0.314 e. The van der Waals surface area contributed by atoms with Gasteiger partial charge in [0, 0.05) is 30.1 Å². The Balaban J connectivity index is 2.00. The summed E-state index contributed by atoms with van der Waals surface area (Å²) in [5.41, 5.74) is 2.73. The lowest BCUT2D eigenvalue weighted by Gasteiger charge is -2.24. The highest BCUT2D eigenvalue weighted by Gasteiger charge is 2.12. The van der Waals surface area contributed by atoms with Gasteiger partial charge in [-0.3, -0.25) is 0 Å². The predicted molar refractivity (Wildman–Crippen MR) is 67.2 cm³/mol. The van der Waals surface area contributed by atoms with Crippen LogP contribution in [-0.4, -0.2) is 25.7 Å². The number of benzene rings is 1. The lowest BCUT2D eigenvalue weighted by Crippen LogP contribution is -2.49. The minimum absolute atomic E-state index is 0.583. The lowest BCUT2D eigenvalue weighted by atomic mass is 10.0. The van der Waals surface area contributed by atoms with E-state index < -0.39 is 0 Å². The molecule has 0 spiro atoms. The molecule has 1 aromatic rings. The van der Waals surface area contributed by atoms with Crippen molar-refractivity contribution in [2.45, 2.75) is 19.4 Å². The number of halogens is 1. The van der Waals surface area contributed by atoms with Crippen LogP contribution in [-0.2, 0) is 6.42 Å². The van der Waals surface area contributed by atoms with Gasteiger partial charge in [0.05, 0.1) is 0 Å². The molecule has 1 heterocycles. The summed E-state index contributed by atoms with van der Waals surface area (Å²) in [4.78, 5) is 0. The Morgan fingerprint density at radius 1 is 1.40 bits per heavy atom. The van der Waals surface area contributed by atoms with Gasteiger partial charge >= 0.3 is 0 Å². The molecule has 0 bridgehead atoms. The van der Waals surface area contributed by atoms with E-state index in [4.69, 9.17) is 0 Å². The monoisotopic (exact) mass is 268 g/mol. The third-order valence-electron chi connectivity index (χ3n) is 2.83. The normalized spacial score (nSPS) is 21.6. The summed E-state index contributed by atoms with van der Waals surface area (Å²) < 4.78 is 1.20. The third-order valence-corrected chi connectivity index (χ3v) is 3.72. The minimum atomic E-state index is 0.583. The fourth-order valence-electron chi connectivity index (χ4n) is 1.98. The van der Waals surface area contributed by atoms with Crippen molar-refractivity contribution in [1.82, 2.24) is 10.6 Å². The van der Waals surface area contributed by atoms with Gasteiger partial charge in [0.1, 0.15) is 0 Å². The molecule has 1 saturated heterocycles. The summed E-state index contributed by atoms with van der Waals surface area (Å²) in [7, 11) is 0. The molecule has 0 saturated carbocycles. The first-order valence-corrected chi connectivity index (χ1v) is 6.24. The van der Waals surface area contributed by atoms with E-state index >= 15 is 0 Å². The van der Waals surface area contributed by atoms with Gasteiger partial charge in [-0.25, -0.2) is 0 Å². The van der Waals surface area contributed by atoms with Crippen molar-refractivity contribution in [3.63, 3.8) is 0 Å². The highest BCUT2D eigenvalue weighted by molar-refractivity contribution is 9.10. The summed E-state index contributed by atoms with van der Waals surface area (Å²) >= 11 is 3.53. The molecule has 0 aliphatic carbocycles. The van der Waals surface area contributed by atoms with Gasteiger partial charge < -0.3 is 10.6 Å². The standard InChI is InChI=1S/C12H17BrN2/c1-9-6-10(2-3-12(9)13)7-11-8-14-4-5-15-11/h2-3,6,11,14-15H,4-5,7-8H2,1H3. The number of aryl methyl sites for hydroxylation is 1. The van der Waals surface area contributed by atoms with Crippen molar-refractivity contribution in [1.29, 1.82) is 0 Å². The molecule has 0 amide bonds. The summed E-state index contributed by atoms with van der Waals surface area (Å²) in [6.07, 6.45) is 1.11. The average Bonchev–Trinajstić information content (AvgIpc) is 2.25. The number of nitrogens with one attached hydrogen (secondary N) is 2. The van der Waals surface area contributed by atoms with E-state index in [0.29, 0.717) is 6.04 Å². The maximum absolute atomic E-state index is 3.53. The Labute approximate surface area is 99.6 Å². The molecule has 3 heteroatoms. The highest BCUT2D eigenvalue weighted by atomic mass is 79.9. The second-order valence-electron chi connectivity index (χ2n) is 4.14. The van der Waals surface area contributed by atoms with Crippen molar-refractivity contribution in [2.75, 3.05) is 19.6 Å². The van der Waals surface area contributed by atoms with Crippen LogP contribution in [0.25, 0.3) is 0 Å². The van der Waals surface area contributed by atoms with Crippen LogP contribution in [0.4, 0.5) is 0 Å². The van der Waals surface area contributed by atoms with E-state index in [-0.39, 0.29) is 0 Å². The Morgan fingerprint density at radius 2 is 2.27 bits per heavy atom.